The molecule has 0 aliphatic carbocycles. The monoisotopic (exact) mass is 394 g/mol. The van der Waals surface area contributed by atoms with Crippen molar-refractivity contribution in [2.75, 3.05) is 23.8 Å². The van der Waals surface area contributed by atoms with Crippen molar-refractivity contribution in [2.24, 2.45) is 0 Å². The highest BCUT2D eigenvalue weighted by Gasteiger charge is 2.17. The van der Waals surface area contributed by atoms with E-state index in [2.05, 4.69) is 16.0 Å². The number of nitriles is 1. The lowest BCUT2D eigenvalue weighted by molar-refractivity contribution is -0.116. The van der Waals surface area contributed by atoms with Gasteiger partial charge < -0.3 is 14.6 Å². The van der Waals surface area contributed by atoms with Crippen LogP contribution < -0.4 is 9.64 Å². The zero-order valence-electron chi connectivity index (χ0n) is 15.9. The highest BCUT2D eigenvalue weighted by atomic mass is 32.2. The molecular formula is C21H22N4O2S. The standard InChI is InChI=1S/C21H22N4O2S/c1-3-27-17-8-6-16(7-9-17)25(12-4-11-22)20(26)14-28-21-23-18-10-5-15(2)13-19(18)24-21/h5-10,13H,3-4,12,14H2,1-2H3,(H,23,24). The number of fused-ring (bicyclic) bond motifs is 1. The molecule has 7 heteroatoms. The van der Waals surface area contributed by atoms with Crippen LogP contribution in [-0.4, -0.2) is 34.8 Å². The van der Waals surface area contributed by atoms with Gasteiger partial charge in [0.15, 0.2) is 5.16 Å². The van der Waals surface area contributed by atoms with Gasteiger partial charge in [-0.25, -0.2) is 4.98 Å². The highest BCUT2D eigenvalue weighted by Crippen LogP contribution is 2.24. The maximum atomic E-state index is 12.8. The van der Waals surface area contributed by atoms with E-state index in [4.69, 9.17) is 10.00 Å². The molecule has 0 saturated carbocycles. The second kappa shape index (κ2) is 9.29. The molecule has 0 spiro atoms. The number of H-pyrrole nitrogens is 1. The van der Waals surface area contributed by atoms with Crippen LogP contribution in [0.25, 0.3) is 11.0 Å². The Morgan fingerprint density at radius 1 is 1.29 bits per heavy atom. The smallest absolute Gasteiger partial charge is 0.237 e. The summed E-state index contributed by atoms with van der Waals surface area (Å²) in [6.45, 7) is 4.89. The van der Waals surface area contributed by atoms with Gasteiger partial charge in [0.25, 0.3) is 0 Å². The van der Waals surface area contributed by atoms with E-state index < -0.39 is 0 Å². The van der Waals surface area contributed by atoms with E-state index in [0.717, 1.165) is 28.0 Å². The van der Waals surface area contributed by atoms with Crippen molar-refractivity contribution >= 4 is 34.4 Å². The van der Waals surface area contributed by atoms with Crippen molar-refractivity contribution in [1.82, 2.24) is 9.97 Å². The largest absolute Gasteiger partial charge is 0.494 e. The average molecular weight is 395 g/mol. The van der Waals surface area contributed by atoms with Crippen LogP contribution in [0.5, 0.6) is 5.75 Å². The molecule has 0 atom stereocenters. The van der Waals surface area contributed by atoms with Gasteiger partial charge in [-0.2, -0.15) is 5.26 Å². The number of benzene rings is 2. The predicted molar refractivity (Wildman–Crippen MR) is 112 cm³/mol. The topological polar surface area (TPSA) is 82.0 Å². The third kappa shape index (κ3) is 4.84. The number of hydrogen-bond acceptors (Lipinski definition) is 5. The number of carbonyl (C=O) groups excluding carboxylic acids is 1. The summed E-state index contributed by atoms with van der Waals surface area (Å²) in [5, 5.41) is 9.65. The summed E-state index contributed by atoms with van der Waals surface area (Å²) in [5.74, 6) is 0.921. The number of anilines is 1. The Balaban J connectivity index is 1.70. The summed E-state index contributed by atoms with van der Waals surface area (Å²) >= 11 is 1.36. The van der Waals surface area contributed by atoms with Gasteiger partial charge in [-0.3, -0.25) is 4.79 Å². The number of nitrogens with zero attached hydrogens (tertiary/aromatic N) is 3. The van der Waals surface area contributed by atoms with E-state index in [9.17, 15) is 4.79 Å². The Morgan fingerprint density at radius 3 is 2.79 bits per heavy atom. The molecule has 144 valence electrons. The molecule has 6 nitrogen and oxygen atoms in total. The number of carbonyl (C=O) groups is 1. The summed E-state index contributed by atoms with van der Waals surface area (Å²) in [4.78, 5) is 22.2. The summed E-state index contributed by atoms with van der Waals surface area (Å²) in [6, 6.07) is 15.5. The molecule has 0 unspecified atom stereocenters. The van der Waals surface area contributed by atoms with Crippen molar-refractivity contribution in [2.45, 2.75) is 25.4 Å². The average Bonchev–Trinajstić information content (AvgIpc) is 3.10. The number of ether oxygens (including phenoxy) is 1. The number of aromatic amines is 1. The molecule has 0 aliphatic rings. The molecule has 3 aromatic rings. The normalized spacial score (nSPS) is 10.6. The number of aryl methyl sites for hydroxylation is 1. The van der Waals surface area contributed by atoms with Crippen molar-refractivity contribution in [3.05, 3.63) is 48.0 Å². The number of hydrogen-bond donors (Lipinski definition) is 1. The minimum atomic E-state index is -0.0685. The first-order valence-corrected chi connectivity index (χ1v) is 10.1. The molecule has 0 radical (unpaired) electrons. The molecule has 0 aliphatic heterocycles. The summed E-state index contributed by atoms with van der Waals surface area (Å²) in [7, 11) is 0. The Kier molecular flexibility index (Phi) is 6.56. The molecule has 0 bridgehead atoms. The predicted octanol–water partition coefficient (Wildman–Crippen LogP) is 4.31. The molecule has 0 fully saturated rings. The van der Waals surface area contributed by atoms with Crippen LogP contribution in [0.1, 0.15) is 18.9 Å². The minimum Gasteiger partial charge on any atom is -0.494 e. The minimum absolute atomic E-state index is 0.0685. The molecule has 1 heterocycles. The van der Waals surface area contributed by atoms with Crippen LogP contribution in [0, 0.1) is 18.3 Å². The lowest BCUT2D eigenvalue weighted by Gasteiger charge is -2.21. The lowest BCUT2D eigenvalue weighted by Crippen LogP contribution is -2.33. The van der Waals surface area contributed by atoms with Gasteiger partial charge in [0.05, 0.1) is 35.9 Å². The van der Waals surface area contributed by atoms with Crippen molar-refractivity contribution in [1.29, 1.82) is 5.26 Å². The summed E-state index contributed by atoms with van der Waals surface area (Å²) in [6.07, 6.45) is 0.271. The Hall–Kier alpha value is -2.98. The van der Waals surface area contributed by atoms with Gasteiger partial charge in [-0.15, -0.1) is 0 Å². The maximum Gasteiger partial charge on any atom is 0.237 e. The van der Waals surface area contributed by atoms with Crippen LogP contribution in [0.15, 0.2) is 47.6 Å². The zero-order valence-corrected chi connectivity index (χ0v) is 16.8. The number of rotatable bonds is 8. The first-order chi connectivity index (χ1) is 13.6. The van der Waals surface area contributed by atoms with Crippen LogP contribution in [-0.2, 0) is 4.79 Å². The van der Waals surface area contributed by atoms with Gasteiger partial charge in [0.1, 0.15) is 5.75 Å². The van der Waals surface area contributed by atoms with Gasteiger partial charge in [0.2, 0.25) is 5.91 Å². The first-order valence-electron chi connectivity index (χ1n) is 9.10. The van der Waals surface area contributed by atoms with E-state index in [1.807, 2.05) is 56.3 Å². The van der Waals surface area contributed by atoms with Gasteiger partial charge in [-0.05, 0) is 55.8 Å². The third-order valence-corrected chi connectivity index (χ3v) is 5.01. The van der Waals surface area contributed by atoms with Crippen LogP contribution in [0.3, 0.4) is 0 Å². The zero-order chi connectivity index (χ0) is 19.9. The van der Waals surface area contributed by atoms with Crippen LogP contribution >= 0.6 is 11.8 Å². The summed E-state index contributed by atoms with van der Waals surface area (Å²) < 4.78 is 5.45. The van der Waals surface area contributed by atoms with E-state index in [1.54, 1.807) is 4.90 Å². The molecular weight excluding hydrogens is 372 g/mol. The van der Waals surface area contributed by atoms with Gasteiger partial charge in [0, 0.05) is 12.2 Å². The Morgan fingerprint density at radius 2 is 2.07 bits per heavy atom. The molecule has 1 aromatic heterocycles. The lowest BCUT2D eigenvalue weighted by atomic mass is 10.2. The second-order valence-corrected chi connectivity index (χ2v) is 7.20. The third-order valence-electron chi connectivity index (χ3n) is 4.16. The van der Waals surface area contributed by atoms with Gasteiger partial charge in [-0.1, -0.05) is 17.8 Å². The molecule has 1 amide bonds. The number of aromatic nitrogens is 2. The van der Waals surface area contributed by atoms with Gasteiger partial charge >= 0.3 is 0 Å². The molecule has 28 heavy (non-hydrogen) atoms. The number of amides is 1. The quantitative estimate of drug-likeness (QED) is 0.576. The summed E-state index contributed by atoms with van der Waals surface area (Å²) in [5.41, 5.74) is 3.75. The molecule has 3 rings (SSSR count). The van der Waals surface area contributed by atoms with Crippen molar-refractivity contribution in [3.8, 4) is 11.8 Å². The number of nitrogens with one attached hydrogen (secondary N) is 1. The maximum absolute atomic E-state index is 12.8. The molecule has 1 N–H and O–H groups in total. The fraction of sp³-hybridized carbons (Fsp3) is 0.286. The van der Waals surface area contributed by atoms with E-state index in [-0.39, 0.29) is 18.1 Å². The van der Waals surface area contributed by atoms with E-state index in [1.165, 1.54) is 11.8 Å². The second-order valence-electron chi connectivity index (χ2n) is 6.23. The van der Waals surface area contributed by atoms with Crippen molar-refractivity contribution < 1.29 is 9.53 Å². The molecule has 0 saturated heterocycles. The van der Waals surface area contributed by atoms with Crippen LogP contribution in [0.2, 0.25) is 0 Å². The first kappa shape index (κ1) is 19.8. The SMILES string of the molecule is CCOc1ccc(N(CCC#N)C(=O)CSc2nc3ccc(C)cc3[nH]2)cc1. The van der Waals surface area contributed by atoms with E-state index in [0.29, 0.717) is 18.3 Å². The Labute approximate surface area is 168 Å². The highest BCUT2D eigenvalue weighted by molar-refractivity contribution is 7.99. The Bertz CT molecular complexity index is 992. The fourth-order valence-corrected chi connectivity index (χ4v) is 3.59. The van der Waals surface area contributed by atoms with E-state index >= 15 is 0 Å². The molecule has 2 aromatic carbocycles. The number of imidazole rings is 1. The van der Waals surface area contributed by atoms with Crippen molar-refractivity contribution in [3.63, 3.8) is 0 Å². The fourth-order valence-electron chi connectivity index (χ4n) is 2.82. The number of thioether (sulfide) groups is 1. The van der Waals surface area contributed by atoms with Crippen LogP contribution in [0.4, 0.5) is 5.69 Å².